The van der Waals surface area contributed by atoms with Crippen molar-refractivity contribution in [2.75, 3.05) is 6.61 Å². The van der Waals surface area contributed by atoms with Crippen LogP contribution < -0.4 is 15.4 Å². The number of amides is 2. The number of carbonyl (C=O) groups is 2. The summed E-state index contributed by atoms with van der Waals surface area (Å²) in [5.41, 5.74) is 1.04. The van der Waals surface area contributed by atoms with Crippen molar-refractivity contribution < 1.29 is 14.3 Å². The molecule has 0 aromatic heterocycles. The van der Waals surface area contributed by atoms with E-state index in [9.17, 15) is 9.59 Å². The minimum absolute atomic E-state index is 0.0205. The Hall–Kier alpha value is -1.88. The topological polar surface area (TPSA) is 67.4 Å². The predicted molar refractivity (Wildman–Crippen MR) is 59.4 cm³/mol. The fraction of sp³-hybridized carbons (Fsp3) is 0.333. The molecule has 5 nitrogen and oxygen atoms in total. The first-order chi connectivity index (χ1) is 8.24. The number of ether oxygens (including phenoxy) is 1. The van der Waals surface area contributed by atoms with Gasteiger partial charge in [-0.25, -0.2) is 0 Å². The third-order valence-corrected chi connectivity index (χ3v) is 3.07. The van der Waals surface area contributed by atoms with E-state index in [0.29, 0.717) is 6.61 Å². The van der Waals surface area contributed by atoms with E-state index < -0.39 is 6.04 Å². The van der Waals surface area contributed by atoms with E-state index in [1.54, 1.807) is 0 Å². The lowest BCUT2D eigenvalue weighted by atomic mass is 10.1. The van der Waals surface area contributed by atoms with Gasteiger partial charge in [0.2, 0.25) is 11.8 Å². The van der Waals surface area contributed by atoms with Gasteiger partial charge < -0.3 is 4.74 Å². The van der Waals surface area contributed by atoms with Crippen LogP contribution in [-0.4, -0.2) is 24.5 Å². The molecule has 0 spiro atoms. The molecule has 0 radical (unpaired) electrons. The molecule has 1 aromatic rings. The van der Waals surface area contributed by atoms with Gasteiger partial charge in [-0.2, -0.15) is 0 Å². The Balaban J connectivity index is 1.76. The summed E-state index contributed by atoms with van der Waals surface area (Å²) in [6, 6.07) is 7.25. The molecule has 2 N–H and O–H groups in total. The van der Waals surface area contributed by atoms with Crippen molar-refractivity contribution in [3.63, 3.8) is 0 Å². The van der Waals surface area contributed by atoms with Crippen LogP contribution >= 0.6 is 0 Å². The number of imide groups is 1. The maximum absolute atomic E-state index is 11.4. The van der Waals surface area contributed by atoms with Gasteiger partial charge >= 0.3 is 0 Å². The molecule has 1 aromatic carbocycles. The van der Waals surface area contributed by atoms with Gasteiger partial charge in [0, 0.05) is 5.56 Å². The molecule has 1 fully saturated rings. The Morgan fingerprint density at radius 3 is 2.82 bits per heavy atom. The maximum Gasteiger partial charge on any atom is 0.244 e. The molecule has 3 rings (SSSR count). The van der Waals surface area contributed by atoms with Gasteiger partial charge in [-0.05, 0) is 6.07 Å². The Kier molecular flexibility index (Phi) is 2.33. The third-order valence-electron chi connectivity index (χ3n) is 3.07. The molecule has 2 unspecified atom stereocenters. The van der Waals surface area contributed by atoms with Gasteiger partial charge in [-0.3, -0.25) is 20.2 Å². The number of para-hydroxylation sites is 1. The van der Waals surface area contributed by atoms with Gasteiger partial charge in [-0.15, -0.1) is 0 Å². The van der Waals surface area contributed by atoms with E-state index in [2.05, 4.69) is 10.6 Å². The number of nitrogens with one attached hydrogen (secondary N) is 2. The number of fused-ring (bicyclic) bond motifs is 1. The van der Waals surface area contributed by atoms with Crippen LogP contribution in [0.5, 0.6) is 5.75 Å². The third kappa shape index (κ3) is 1.78. The molecule has 1 saturated heterocycles. The van der Waals surface area contributed by atoms with E-state index in [-0.39, 0.29) is 24.3 Å². The molecule has 17 heavy (non-hydrogen) atoms. The van der Waals surface area contributed by atoms with Crippen molar-refractivity contribution in [2.45, 2.75) is 18.5 Å². The largest absolute Gasteiger partial charge is 0.491 e. The van der Waals surface area contributed by atoms with Crippen molar-refractivity contribution in [3.8, 4) is 5.75 Å². The summed E-state index contributed by atoms with van der Waals surface area (Å²) in [4.78, 5) is 22.5. The van der Waals surface area contributed by atoms with E-state index in [4.69, 9.17) is 4.74 Å². The van der Waals surface area contributed by atoms with Gasteiger partial charge in [0.15, 0.2) is 0 Å². The fourth-order valence-electron chi connectivity index (χ4n) is 2.23. The lowest BCUT2D eigenvalue weighted by Crippen LogP contribution is -2.39. The SMILES string of the molecule is O=C1CC(NC2COc3ccccc32)C(=O)N1. The lowest BCUT2D eigenvalue weighted by Gasteiger charge is -2.14. The minimum atomic E-state index is -0.442. The molecule has 0 bridgehead atoms. The Bertz CT molecular complexity index is 486. The summed E-state index contributed by atoms with van der Waals surface area (Å²) in [6.07, 6.45) is 0.206. The summed E-state index contributed by atoms with van der Waals surface area (Å²) in [7, 11) is 0. The van der Waals surface area contributed by atoms with Crippen molar-refractivity contribution in [2.24, 2.45) is 0 Å². The van der Waals surface area contributed by atoms with Crippen molar-refractivity contribution in [1.82, 2.24) is 10.6 Å². The average Bonchev–Trinajstić information content (AvgIpc) is 2.85. The molecule has 0 saturated carbocycles. The molecular weight excluding hydrogens is 220 g/mol. The maximum atomic E-state index is 11.4. The first kappa shape index (κ1) is 10.3. The second kappa shape index (κ2) is 3.85. The molecule has 0 aliphatic carbocycles. The van der Waals surface area contributed by atoms with Crippen LogP contribution in [0.1, 0.15) is 18.0 Å². The van der Waals surface area contributed by atoms with Gasteiger partial charge in [0.1, 0.15) is 12.4 Å². The van der Waals surface area contributed by atoms with E-state index >= 15 is 0 Å². The Labute approximate surface area is 98.1 Å². The summed E-state index contributed by atoms with van der Waals surface area (Å²) in [5.74, 6) is 0.369. The van der Waals surface area contributed by atoms with Crippen LogP contribution in [0.15, 0.2) is 24.3 Å². The minimum Gasteiger partial charge on any atom is -0.491 e. The molecule has 2 aliphatic heterocycles. The quantitative estimate of drug-likeness (QED) is 0.711. The lowest BCUT2D eigenvalue weighted by molar-refractivity contribution is -0.125. The smallest absolute Gasteiger partial charge is 0.244 e. The molecule has 5 heteroatoms. The Morgan fingerprint density at radius 1 is 1.24 bits per heavy atom. The van der Waals surface area contributed by atoms with Crippen LogP contribution in [0, 0.1) is 0 Å². The molecule has 2 amide bonds. The van der Waals surface area contributed by atoms with Gasteiger partial charge in [0.25, 0.3) is 0 Å². The van der Waals surface area contributed by atoms with Crippen molar-refractivity contribution >= 4 is 11.8 Å². The number of benzene rings is 1. The number of hydrogen-bond acceptors (Lipinski definition) is 4. The monoisotopic (exact) mass is 232 g/mol. The summed E-state index contributed by atoms with van der Waals surface area (Å²) in [5, 5.41) is 5.44. The predicted octanol–water partition coefficient (Wildman–Crippen LogP) is 0.125. The van der Waals surface area contributed by atoms with E-state index in [1.165, 1.54) is 0 Å². The zero-order chi connectivity index (χ0) is 11.8. The second-order valence-electron chi connectivity index (χ2n) is 4.24. The van der Waals surface area contributed by atoms with E-state index in [0.717, 1.165) is 11.3 Å². The van der Waals surface area contributed by atoms with Gasteiger partial charge in [0.05, 0.1) is 18.5 Å². The molecule has 2 atom stereocenters. The molecule has 2 aliphatic rings. The highest BCUT2D eigenvalue weighted by atomic mass is 16.5. The fourth-order valence-corrected chi connectivity index (χ4v) is 2.23. The number of rotatable bonds is 2. The zero-order valence-electron chi connectivity index (χ0n) is 9.10. The van der Waals surface area contributed by atoms with Gasteiger partial charge in [-0.1, -0.05) is 18.2 Å². The van der Waals surface area contributed by atoms with Crippen molar-refractivity contribution in [3.05, 3.63) is 29.8 Å². The van der Waals surface area contributed by atoms with Crippen LogP contribution in [0.4, 0.5) is 0 Å². The summed E-state index contributed by atoms with van der Waals surface area (Å²) < 4.78 is 5.50. The summed E-state index contributed by atoms with van der Waals surface area (Å²) >= 11 is 0. The van der Waals surface area contributed by atoms with Crippen LogP contribution in [0.3, 0.4) is 0 Å². The second-order valence-corrected chi connectivity index (χ2v) is 4.24. The van der Waals surface area contributed by atoms with Crippen LogP contribution in [0.25, 0.3) is 0 Å². The molecule has 2 heterocycles. The normalized spacial score (nSPS) is 26.6. The zero-order valence-corrected chi connectivity index (χ0v) is 9.10. The molecule has 88 valence electrons. The number of hydrogen-bond donors (Lipinski definition) is 2. The number of carbonyl (C=O) groups excluding carboxylic acids is 2. The first-order valence-corrected chi connectivity index (χ1v) is 5.55. The standard InChI is InChI=1S/C12H12N2O3/c15-11-5-8(12(16)14-11)13-9-6-17-10-4-2-1-3-7(9)10/h1-4,8-9,13H,5-6H2,(H,14,15,16). The van der Waals surface area contributed by atoms with E-state index in [1.807, 2.05) is 24.3 Å². The van der Waals surface area contributed by atoms with Crippen LogP contribution in [-0.2, 0) is 9.59 Å². The Morgan fingerprint density at radius 2 is 2.06 bits per heavy atom. The highest BCUT2D eigenvalue weighted by Gasteiger charge is 2.34. The van der Waals surface area contributed by atoms with Crippen molar-refractivity contribution in [1.29, 1.82) is 0 Å². The van der Waals surface area contributed by atoms with Crippen LogP contribution in [0.2, 0.25) is 0 Å². The molecular formula is C12H12N2O3. The average molecular weight is 232 g/mol. The first-order valence-electron chi connectivity index (χ1n) is 5.55. The highest BCUT2D eigenvalue weighted by molar-refractivity contribution is 6.05. The summed E-state index contributed by atoms with van der Waals surface area (Å²) in [6.45, 7) is 0.497. The highest BCUT2D eigenvalue weighted by Crippen LogP contribution is 2.32.